The van der Waals surface area contributed by atoms with Gasteiger partial charge in [-0.05, 0) is 42.8 Å². The van der Waals surface area contributed by atoms with Gasteiger partial charge in [0.15, 0.2) is 0 Å². The van der Waals surface area contributed by atoms with Gasteiger partial charge >= 0.3 is 0 Å². The van der Waals surface area contributed by atoms with Gasteiger partial charge in [-0.1, -0.05) is 12.1 Å². The molecule has 0 atom stereocenters. The average Bonchev–Trinajstić information content (AvgIpc) is 2.33. The second-order valence-corrected chi connectivity index (χ2v) is 3.81. The molecule has 0 aliphatic heterocycles. The van der Waals surface area contributed by atoms with Crippen LogP contribution in [0.5, 0.6) is 5.75 Å². The van der Waals surface area contributed by atoms with Gasteiger partial charge in [-0.25, -0.2) is 0 Å². The fraction of sp³-hybridized carbons (Fsp3) is 0.143. The van der Waals surface area contributed by atoms with E-state index in [-0.39, 0.29) is 0 Å². The topological polar surface area (TPSA) is 61.3 Å². The lowest BCUT2D eigenvalue weighted by Gasteiger charge is -2.09. The largest absolute Gasteiger partial charge is 0.494 e. The minimum atomic E-state index is 0.649. The average molecular weight is 228 g/mol. The zero-order chi connectivity index (χ0) is 12.3. The Balaban J connectivity index is 2.45. The van der Waals surface area contributed by atoms with Crippen LogP contribution in [0.25, 0.3) is 11.1 Å². The van der Waals surface area contributed by atoms with E-state index in [1.165, 1.54) is 0 Å². The number of nitrogen functional groups attached to an aromatic ring is 2. The highest BCUT2D eigenvalue weighted by atomic mass is 16.5. The van der Waals surface area contributed by atoms with Crippen molar-refractivity contribution >= 4 is 11.4 Å². The van der Waals surface area contributed by atoms with E-state index >= 15 is 0 Å². The van der Waals surface area contributed by atoms with Crippen LogP contribution < -0.4 is 16.2 Å². The molecule has 0 unspecified atom stereocenters. The molecule has 0 bridgehead atoms. The Labute approximate surface area is 101 Å². The predicted octanol–water partition coefficient (Wildman–Crippen LogP) is 2.92. The molecule has 88 valence electrons. The molecule has 3 heteroatoms. The van der Waals surface area contributed by atoms with Crippen molar-refractivity contribution in [2.45, 2.75) is 6.92 Å². The summed E-state index contributed by atoms with van der Waals surface area (Å²) >= 11 is 0. The van der Waals surface area contributed by atoms with Crippen LogP contribution in [0.2, 0.25) is 0 Å². The summed E-state index contributed by atoms with van der Waals surface area (Å²) in [5.41, 5.74) is 15.1. The zero-order valence-electron chi connectivity index (χ0n) is 9.81. The first-order valence-corrected chi connectivity index (χ1v) is 5.59. The lowest BCUT2D eigenvalue weighted by molar-refractivity contribution is 0.340. The highest BCUT2D eigenvalue weighted by molar-refractivity contribution is 5.79. The molecule has 0 amide bonds. The van der Waals surface area contributed by atoms with E-state index in [1.54, 1.807) is 6.07 Å². The Morgan fingerprint density at radius 1 is 1.06 bits per heavy atom. The Kier molecular flexibility index (Phi) is 3.19. The van der Waals surface area contributed by atoms with Gasteiger partial charge in [0.2, 0.25) is 0 Å². The van der Waals surface area contributed by atoms with Crippen molar-refractivity contribution < 1.29 is 4.74 Å². The van der Waals surface area contributed by atoms with Gasteiger partial charge in [0, 0.05) is 16.9 Å². The number of rotatable bonds is 3. The number of ether oxygens (including phenoxy) is 1. The van der Waals surface area contributed by atoms with E-state index < -0.39 is 0 Å². The molecule has 17 heavy (non-hydrogen) atoms. The SMILES string of the molecule is CCOc1cccc(-c2cc(N)ccc2N)c1. The number of hydrogen-bond acceptors (Lipinski definition) is 3. The standard InChI is InChI=1S/C14H16N2O/c1-2-17-12-5-3-4-10(8-12)13-9-11(15)6-7-14(13)16/h3-9H,2,15-16H2,1H3. The molecule has 2 aromatic carbocycles. The number of nitrogens with two attached hydrogens (primary N) is 2. The van der Waals surface area contributed by atoms with Gasteiger partial charge in [0.25, 0.3) is 0 Å². The summed E-state index contributed by atoms with van der Waals surface area (Å²) in [6, 6.07) is 13.3. The van der Waals surface area contributed by atoms with Crippen molar-refractivity contribution in [2.24, 2.45) is 0 Å². The third kappa shape index (κ3) is 2.50. The van der Waals surface area contributed by atoms with Crippen LogP contribution in [0.4, 0.5) is 11.4 Å². The Morgan fingerprint density at radius 3 is 2.65 bits per heavy atom. The van der Waals surface area contributed by atoms with Crippen LogP contribution in [0.1, 0.15) is 6.92 Å². The van der Waals surface area contributed by atoms with Gasteiger partial charge in [0.1, 0.15) is 5.75 Å². The summed E-state index contributed by atoms with van der Waals surface area (Å²) in [6.07, 6.45) is 0. The number of benzene rings is 2. The molecule has 0 fully saturated rings. The number of anilines is 2. The van der Waals surface area contributed by atoms with Crippen molar-refractivity contribution in [2.75, 3.05) is 18.1 Å². The quantitative estimate of drug-likeness (QED) is 0.794. The summed E-state index contributed by atoms with van der Waals surface area (Å²) in [6.45, 7) is 2.61. The maximum Gasteiger partial charge on any atom is 0.119 e. The molecule has 0 spiro atoms. The minimum absolute atomic E-state index is 0.649. The van der Waals surface area contributed by atoms with Crippen LogP contribution >= 0.6 is 0 Å². The highest BCUT2D eigenvalue weighted by Crippen LogP contribution is 2.30. The van der Waals surface area contributed by atoms with E-state index in [1.807, 2.05) is 43.3 Å². The van der Waals surface area contributed by atoms with Gasteiger partial charge in [0.05, 0.1) is 6.61 Å². The Morgan fingerprint density at radius 2 is 1.88 bits per heavy atom. The van der Waals surface area contributed by atoms with Crippen LogP contribution in [-0.2, 0) is 0 Å². The summed E-state index contributed by atoms with van der Waals surface area (Å²) in [5, 5.41) is 0. The maximum atomic E-state index is 5.95. The van der Waals surface area contributed by atoms with Gasteiger partial charge in [-0.2, -0.15) is 0 Å². The molecule has 0 radical (unpaired) electrons. The molecule has 0 saturated carbocycles. The maximum absolute atomic E-state index is 5.95. The molecule has 0 aliphatic carbocycles. The first-order chi connectivity index (χ1) is 8.20. The molecule has 0 aromatic heterocycles. The van der Waals surface area contributed by atoms with Gasteiger partial charge < -0.3 is 16.2 Å². The lowest BCUT2D eigenvalue weighted by Crippen LogP contribution is -1.94. The normalized spacial score (nSPS) is 10.2. The molecular weight excluding hydrogens is 212 g/mol. The van der Waals surface area contributed by atoms with E-state index in [2.05, 4.69) is 0 Å². The molecule has 0 heterocycles. The third-order valence-electron chi connectivity index (χ3n) is 2.53. The fourth-order valence-electron chi connectivity index (χ4n) is 1.74. The molecule has 4 N–H and O–H groups in total. The van der Waals surface area contributed by atoms with E-state index in [0.717, 1.165) is 16.9 Å². The molecular formula is C14H16N2O. The zero-order valence-corrected chi connectivity index (χ0v) is 9.81. The lowest BCUT2D eigenvalue weighted by atomic mass is 10.0. The number of hydrogen-bond donors (Lipinski definition) is 2. The third-order valence-corrected chi connectivity index (χ3v) is 2.53. The van der Waals surface area contributed by atoms with Gasteiger partial charge in [-0.15, -0.1) is 0 Å². The summed E-state index contributed by atoms with van der Waals surface area (Å²) < 4.78 is 5.47. The van der Waals surface area contributed by atoms with Crippen LogP contribution in [0.15, 0.2) is 42.5 Å². The minimum Gasteiger partial charge on any atom is -0.494 e. The van der Waals surface area contributed by atoms with E-state index in [9.17, 15) is 0 Å². The second kappa shape index (κ2) is 4.78. The molecule has 0 aliphatic rings. The molecule has 0 saturated heterocycles. The van der Waals surface area contributed by atoms with Crippen molar-refractivity contribution in [3.05, 3.63) is 42.5 Å². The van der Waals surface area contributed by atoms with Crippen LogP contribution in [0, 0.1) is 0 Å². The second-order valence-electron chi connectivity index (χ2n) is 3.81. The fourth-order valence-corrected chi connectivity index (χ4v) is 1.74. The van der Waals surface area contributed by atoms with Crippen molar-refractivity contribution in [3.63, 3.8) is 0 Å². The summed E-state index contributed by atoms with van der Waals surface area (Å²) in [7, 11) is 0. The Bertz CT molecular complexity index is 523. The smallest absolute Gasteiger partial charge is 0.119 e. The van der Waals surface area contributed by atoms with Crippen LogP contribution in [0.3, 0.4) is 0 Å². The summed E-state index contributed by atoms with van der Waals surface area (Å²) in [5.74, 6) is 0.840. The molecule has 2 rings (SSSR count). The molecule has 3 nitrogen and oxygen atoms in total. The first kappa shape index (κ1) is 11.3. The predicted molar refractivity (Wildman–Crippen MR) is 71.9 cm³/mol. The Hall–Kier alpha value is -2.16. The van der Waals surface area contributed by atoms with Crippen molar-refractivity contribution in [1.82, 2.24) is 0 Å². The molecule has 2 aromatic rings. The monoisotopic (exact) mass is 228 g/mol. The van der Waals surface area contributed by atoms with Crippen molar-refractivity contribution in [1.29, 1.82) is 0 Å². The van der Waals surface area contributed by atoms with Crippen molar-refractivity contribution in [3.8, 4) is 16.9 Å². The van der Waals surface area contributed by atoms with E-state index in [4.69, 9.17) is 16.2 Å². The van der Waals surface area contributed by atoms with Crippen LogP contribution in [-0.4, -0.2) is 6.61 Å². The first-order valence-electron chi connectivity index (χ1n) is 5.59. The summed E-state index contributed by atoms with van der Waals surface area (Å²) in [4.78, 5) is 0. The highest BCUT2D eigenvalue weighted by Gasteiger charge is 2.04. The van der Waals surface area contributed by atoms with E-state index in [0.29, 0.717) is 18.0 Å². The van der Waals surface area contributed by atoms with Gasteiger partial charge in [-0.3, -0.25) is 0 Å².